The fourth-order valence-electron chi connectivity index (χ4n) is 2.53. The van der Waals surface area contributed by atoms with Crippen LogP contribution in [0.25, 0.3) is 0 Å². The van der Waals surface area contributed by atoms with Crippen LogP contribution in [0, 0.1) is 13.8 Å². The van der Waals surface area contributed by atoms with Crippen LogP contribution >= 0.6 is 0 Å². The molecule has 0 fully saturated rings. The number of nitrogens with one attached hydrogen (secondary N) is 1. The van der Waals surface area contributed by atoms with Crippen molar-refractivity contribution in [2.24, 2.45) is 5.73 Å². The molecule has 0 radical (unpaired) electrons. The van der Waals surface area contributed by atoms with Gasteiger partial charge < -0.3 is 11.1 Å². The smallest absolute Gasteiger partial charge is 0.312 e. The van der Waals surface area contributed by atoms with Crippen molar-refractivity contribution in [3.63, 3.8) is 0 Å². The van der Waals surface area contributed by atoms with Gasteiger partial charge in [0.1, 0.15) is 0 Å². The van der Waals surface area contributed by atoms with E-state index in [0.717, 1.165) is 12.8 Å². The van der Waals surface area contributed by atoms with Gasteiger partial charge in [-0.3, -0.25) is 0 Å². The molecule has 80 valence electrons. The van der Waals surface area contributed by atoms with Gasteiger partial charge in [0.15, 0.2) is 0 Å². The lowest BCUT2D eigenvalue weighted by atomic mass is 9.99. The zero-order chi connectivity index (χ0) is 11.0. The number of nitrogens with two attached hydrogens (primary N) is 1. The third-order valence-corrected chi connectivity index (χ3v) is 2.98. The second kappa shape index (κ2) is 3.57. The van der Waals surface area contributed by atoms with E-state index in [9.17, 15) is 4.79 Å². The van der Waals surface area contributed by atoms with Crippen LogP contribution in [-0.4, -0.2) is 6.03 Å². The summed E-state index contributed by atoms with van der Waals surface area (Å²) in [6.07, 6.45) is 1.99. The van der Waals surface area contributed by atoms with Gasteiger partial charge in [-0.25, -0.2) is 4.79 Å². The molecule has 0 saturated heterocycles. The summed E-state index contributed by atoms with van der Waals surface area (Å²) in [4.78, 5) is 10.9. The number of amides is 2. The molecular weight excluding hydrogens is 188 g/mol. The van der Waals surface area contributed by atoms with Crippen molar-refractivity contribution in [2.45, 2.75) is 32.7 Å². The monoisotopic (exact) mass is 204 g/mol. The van der Waals surface area contributed by atoms with Crippen molar-refractivity contribution in [1.29, 1.82) is 0 Å². The predicted molar refractivity (Wildman–Crippen MR) is 59.7 cm³/mol. The summed E-state index contributed by atoms with van der Waals surface area (Å²) in [5.74, 6) is 0. The number of urea groups is 1. The van der Waals surface area contributed by atoms with E-state index in [1.54, 1.807) is 0 Å². The minimum atomic E-state index is -0.437. The van der Waals surface area contributed by atoms with Gasteiger partial charge in [0.05, 0.1) is 6.04 Å². The Kier molecular flexibility index (Phi) is 2.39. The van der Waals surface area contributed by atoms with Crippen molar-refractivity contribution < 1.29 is 4.79 Å². The van der Waals surface area contributed by atoms with Gasteiger partial charge in [-0.05, 0) is 43.4 Å². The van der Waals surface area contributed by atoms with Crippen LogP contribution in [0.4, 0.5) is 4.79 Å². The molecule has 15 heavy (non-hydrogen) atoms. The first-order valence-corrected chi connectivity index (χ1v) is 5.24. The molecule has 1 aromatic rings. The largest absolute Gasteiger partial charge is 0.352 e. The topological polar surface area (TPSA) is 55.1 Å². The van der Waals surface area contributed by atoms with Gasteiger partial charge in [0, 0.05) is 0 Å². The second-order valence-electron chi connectivity index (χ2n) is 4.25. The zero-order valence-electron chi connectivity index (χ0n) is 9.13. The predicted octanol–water partition coefficient (Wildman–Crippen LogP) is 1.96. The Morgan fingerprint density at radius 2 is 2.20 bits per heavy atom. The Morgan fingerprint density at radius 1 is 1.47 bits per heavy atom. The Hall–Kier alpha value is -1.51. The van der Waals surface area contributed by atoms with Crippen molar-refractivity contribution in [1.82, 2.24) is 5.32 Å². The summed E-state index contributed by atoms with van der Waals surface area (Å²) in [5, 5.41) is 2.80. The van der Waals surface area contributed by atoms with Crippen molar-refractivity contribution in [3.05, 3.63) is 34.4 Å². The number of primary amides is 1. The second-order valence-corrected chi connectivity index (χ2v) is 4.25. The maximum Gasteiger partial charge on any atom is 0.312 e. The standard InChI is InChI=1S/C12H16N2O/c1-7-5-8(2)11-9(6-7)3-4-10(11)14-12(13)15/h5-6,10H,3-4H2,1-2H3,(H3,13,14,15). The van der Waals surface area contributed by atoms with E-state index in [0.29, 0.717) is 0 Å². The Bertz CT molecular complexity index is 412. The Morgan fingerprint density at radius 3 is 2.87 bits per heavy atom. The van der Waals surface area contributed by atoms with Crippen LogP contribution in [0.15, 0.2) is 12.1 Å². The van der Waals surface area contributed by atoms with E-state index in [-0.39, 0.29) is 6.04 Å². The van der Waals surface area contributed by atoms with Crippen LogP contribution in [0.5, 0.6) is 0 Å². The molecule has 0 saturated carbocycles. The highest BCUT2D eigenvalue weighted by atomic mass is 16.2. The molecule has 3 N–H and O–H groups in total. The van der Waals surface area contributed by atoms with Gasteiger partial charge in [0.25, 0.3) is 0 Å². The SMILES string of the molecule is Cc1cc(C)c2c(c1)CCC2NC(N)=O. The van der Waals surface area contributed by atoms with E-state index >= 15 is 0 Å². The molecule has 1 aromatic carbocycles. The summed E-state index contributed by atoms with van der Waals surface area (Å²) in [7, 11) is 0. The number of carbonyl (C=O) groups is 1. The minimum absolute atomic E-state index is 0.109. The summed E-state index contributed by atoms with van der Waals surface area (Å²) in [6, 6.07) is 4.02. The van der Waals surface area contributed by atoms with E-state index < -0.39 is 6.03 Å². The summed E-state index contributed by atoms with van der Waals surface area (Å²) in [5.41, 5.74) is 10.3. The van der Waals surface area contributed by atoms with E-state index in [1.165, 1.54) is 22.3 Å². The quantitative estimate of drug-likeness (QED) is 0.721. The number of carbonyl (C=O) groups excluding carboxylic acids is 1. The fourth-order valence-corrected chi connectivity index (χ4v) is 2.53. The summed E-state index contributed by atoms with van der Waals surface area (Å²) < 4.78 is 0. The van der Waals surface area contributed by atoms with Crippen LogP contribution < -0.4 is 11.1 Å². The molecule has 2 rings (SSSR count). The fraction of sp³-hybridized carbons (Fsp3) is 0.417. The first kappa shape index (κ1) is 10.0. The van der Waals surface area contributed by atoms with E-state index in [1.807, 2.05) is 0 Å². The molecule has 0 aliphatic heterocycles. The van der Waals surface area contributed by atoms with Crippen LogP contribution in [-0.2, 0) is 6.42 Å². The maximum absolute atomic E-state index is 10.9. The number of aryl methyl sites for hydroxylation is 3. The van der Waals surface area contributed by atoms with Gasteiger partial charge in [0.2, 0.25) is 0 Å². The van der Waals surface area contributed by atoms with Crippen molar-refractivity contribution in [3.8, 4) is 0 Å². The van der Waals surface area contributed by atoms with Gasteiger partial charge >= 0.3 is 6.03 Å². The average molecular weight is 204 g/mol. The summed E-state index contributed by atoms with van der Waals surface area (Å²) in [6.45, 7) is 4.19. The first-order chi connectivity index (χ1) is 7.08. The molecule has 0 aromatic heterocycles. The third kappa shape index (κ3) is 1.82. The van der Waals surface area contributed by atoms with E-state index in [2.05, 4.69) is 31.3 Å². The lowest BCUT2D eigenvalue weighted by Crippen LogP contribution is -2.32. The normalized spacial score (nSPS) is 18.7. The van der Waals surface area contributed by atoms with Crippen LogP contribution in [0.3, 0.4) is 0 Å². The van der Waals surface area contributed by atoms with Gasteiger partial charge in [-0.2, -0.15) is 0 Å². The maximum atomic E-state index is 10.9. The molecule has 0 heterocycles. The minimum Gasteiger partial charge on any atom is -0.352 e. The number of rotatable bonds is 1. The number of hydrogen-bond acceptors (Lipinski definition) is 1. The Balaban J connectivity index is 2.37. The van der Waals surface area contributed by atoms with Crippen LogP contribution in [0.1, 0.15) is 34.7 Å². The molecule has 3 nitrogen and oxygen atoms in total. The molecule has 0 spiro atoms. The van der Waals surface area contributed by atoms with Crippen molar-refractivity contribution in [2.75, 3.05) is 0 Å². The van der Waals surface area contributed by atoms with Crippen LogP contribution in [0.2, 0.25) is 0 Å². The molecule has 3 heteroatoms. The average Bonchev–Trinajstić information content (AvgIpc) is 2.46. The lowest BCUT2D eigenvalue weighted by Gasteiger charge is -2.15. The molecule has 1 aliphatic carbocycles. The molecular formula is C12H16N2O. The zero-order valence-corrected chi connectivity index (χ0v) is 9.13. The Labute approximate surface area is 89.7 Å². The highest BCUT2D eigenvalue weighted by Crippen LogP contribution is 2.34. The number of benzene rings is 1. The molecule has 2 amide bonds. The van der Waals surface area contributed by atoms with E-state index in [4.69, 9.17) is 5.73 Å². The number of fused-ring (bicyclic) bond motifs is 1. The summed E-state index contributed by atoms with van der Waals surface area (Å²) >= 11 is 0. The highest BCUT2D eigenvalue weighted by Gasteiger charge is 2.24. The molecule has 1 unspecified atom stereocenters. The first-order valence-electron chi connectivity index (χ1n) is 5.24. The highest BCUT2D eigenvalue weighted by molar-refractivity contribution is 5.72. The molecule has 0 bridgehead atoms. The van der Waals surface area contributed by atoms with Gasteiger partial charge in [-0.15, -0.1) is 0 Å². The lowest BCUT2D eigenvalue weighted by molar-refractivity contribution is 0.245. The van der Waals surface area contributed by atoms with Crippen molar-refractivity contribution >= 4 is 6.03 Å². The number of hydrogen-bond donors (Lipinski definition) is 2. The molecule has 1 atom stereocenters. The third-order valence-electron chi connectivity index (χ3n) is 2.98. The molecule has 1 aliphatic rings. The van der Waals surface area contributed by atoms with Gasteiger partial charge in [-0.1, -0.05) is 17.7 Å².